The Bertz CT molecular complexity index is 749. The van der Waals surface area contributed by atoms with E-state index >= 15 is 0 Å². The van der Waals surface area contributed by atoms with Gasteiger partial charge in [-0.2, -0.15) is 0 Å². The maximum atomic E-state index is 10.8. The molecule has 0 unspecified atom stereocenters. The number of para-hydroxylation sites is 2. The Morgan fingerprint density at radius 1 is 1.21 bits per heavy atom. The largest absolute Gasteiger partial charge is 0.338 e. The SMILES string of the molecule is O=[N+]([O-])c1cc(Cl)cc(-c2nc3ccccc3[nH]2)c1. The Morgan fingerprint density at radius 3 is 2.74 bits per heavy atom. The minimum absolute atomic E-state index is 0.0528. The lowest BCUT2D eigenvalue weighted by molar-refractivity contribution is -0.384. The Hall–Kier alpha value is -2.40. The summed E-state index contributed by atoms with van der Waals surface area (Å²) in [6.45, 7) is 0. The number of aromatic amines is 1. The highest BCUT2D eigenvalue weighted by Crippen LogP contribution is 2.28. The van der Waals surface area contributed by atoms with Gasteiger partial charge in [0.05, 0.1) is 16.0 Å². The number of nitrogens with one attached hydrogen (secondary N) is 1. The van der Waals surface area contributed by atoms with Crippen LogP contribution in [0.2, 0.25) is 5.02 Å². The van der Waals surface area contributed by atoms with Crippen LogP contribution in [0.25, 0.3) is 22.4 Å². The number of nitro groups is 1. The first-order chi connectivity index (χ1) is 9.13. The first-order valence-corrected chi connectivity index (χ1v) is 5.91. The predicted octanol–water partition coefficient (Wildman–Crippen LogP) is 3.79. The summed E-state index contributed by atoms with van der Waals surface area (Å²) in [5.41, 5.74) is 2.22. The molecule has 0 aliphatic rings. The maximum absolute atomic E-state index is 10.8. The quantitative estimate of drug-likeness (QED) is 0.570. The first kappa shape index (κ1) is 11.7. The van der Waals surface area contributed by atoms with Gasteiger partial charge in [-0.25, -0.2) is 4.98 Å². The number of H-pyrrole nitrogens is 1. The van der Waals surface area contributed by atoms with E-state index in [1.54, 1.807) is 6.07 Å². The molecule has 0 aliphatic heterocycles. The normalized spacial score (nSPS) is 10.8. The van der Waals surface area contributed by atoms with Crippen LogP contribution >= 0.6 is 11.6 Å². The molecular weight excluding hydrogens is 266 g/mol. The van der Waals surface area contributed by atoms with Gasteiger partial charge in [0.15, 0.2) is 0 Å². The van der Waals surface area contributed by atoms with E-state index in [2.05, 4.69) is 9.97 Å². The van der Waals surface area contributed by atoms with E-state index in [1.807, 2.05) is 24.3 Å². The number of rotatable bonds is 2. The van der Waals surface area contributed by atoms with Crippen molar-refractivity contribution >= 4 is 28.3 Å². The van der Waals surface area contributed by atoms with Crippen LogP contribution in [0.5, 0.6) is 0 Å². The standard InChI is InChI=1S/C13H8ClN3O2/c14-9-5-8(6-10(7-9)17(18)19)13-15-11-3-1-2-4-12(11)16-13/h1-7H,(H,15,16). The molecule has 0 fully saturated rings. The highest BCUT2D eigenvalue weighted by atomic mass is 35.5. The van der Waals surface area contributed by atoms with Gasteiger partial charge in [0.1, 0.15) is 5.82 Å². The molecule has 3 aromatic rings. The van der Waals surface area contributed by atoms with E-state index in [0.717, 1.165) is 11.0 Å². The third kappa shape index (κ3) is 2.15. The second-order valence-corrected chi connectivity index (χ2v) is 4.49. The molecule has 1 heterocycles. The molecule has 0 radical (unpaired) electrons. The number of benzene rings is 2. The zero-order chi connectivity index (χ0) is 13.4. The van der Waals surface area contributed by atoms with Crippen LogP contribution in [-0.4, -0.2) is 14.9 Å². The summed E-state index contributed by atoms with van der Waals surface area (Å²) < 4.78 is 0. The third-order valence-electron chi connectivity index (χ3n) is 2.76. The van der Waals surface area contributed by atoms with E-state index in [9.17, 15) is 10.1 Å². The van der Waals surface area contributed by atoms with Gasteiger partial charge in [0.25, 0.3) is 5.69 Å². The lowest BCUT2D eigenvalue weighted by atomic mass is 10.2. The van der Waals surface area contributed by atoms with Crippen LogP contribution in [0.4, 0.5) is 5.69 Å². The molecule has 2 aromatic carbocycles. The van der Waals surface area contributed by atoms with Crippen molar-refractivity contribution in [2.45, 2.75) is 0 Å². The number of aromatic nitrogens is 2. The molecule has 19 heavy (non-hydrogen) atoms. The number of hydrogen-bond donors (Lipinski definition) is 1. The van der Waals surface area contributed by atoms with Crippen molar-refractivity contribution in [1.82, 2.24) is 9.97 Å². The van der Waals surface area contributed by atoms with Gasteiger partial charge in [0.2, 0.25) is 0 Å². The predicted molar refractivity (Wildman–Crippen MR) is 73.2 cm³/mol. The molecule has 1 aromatic heterocycles. The number of nitro benzene ring substituents is 1. The highest BCUT2D eigenvalue weighted by molar-refractivity contribution is 6.31. The van der Waals surface area contributed by atoms with Crippen molar-refractivity contribution in [1.29, 1.82) is 0 Å². The van der Waals surface area contributed by atoms with Gasteiger partial charge in [-0.1, -0.05) is 23.7 Å². The molecule has 0 amide bonds. The molecule has 0 aliphatic carbocycles. The Kier molecular flexibility index (Phi) is 2.68. The summed E-state index contributed by atoms with van der Waals surface area (Å²) in [6, 6.07) is 11.9. The summed E-state index contributed by atoms with van der Waals surface area (Å²) in [6.07, 6.45) is 0. The second-order valence-electron chi connectivity index (χ2n) is 4.06. The summed E-state index contributed by atoms with van der Waals surface area (Å²) in [4.78, 5) is 17.9. The van der Waals surface area contributed by atoms with Crippen LogP contribution in [0.15, 0.2) is 42.5 Å². The van der Waals surface area contributed by atoms with Crippen LogP contribution in [0.1, 0.15) is 0 Å². The number of nitrogens with zero attached hydrogens (tertiary/aromatic N) is 2. The molecule has 6 heteroatoms. The second kappa shape index (κ2) is 4.37. The van der Waals surface area contributed by atoms with Gasteiger partial charge in [-0.05, 0) is 18.2 Å². The lowest BCUT2D eigenvalue weighted by Crippen LogP contribution is -1.89. The minimum Gasteiger partial charge on any atom is -0.338 e. The fourth-order valence-corrected chi connectivity index (χ4v) is 2.14. The van der Waals surface area contributed by atoms with E-state index < -0.39 is 4.92 Å². The van der Waals surface area contributed by atoms with Crippen molar-refractivity contribution in [2.75, 3.05) is 0 Å². The Balaban J connectivity index is 2.17. The molecule has 0 saturated heterocycles. The van der Waals surface area contributed by atoms with Gasteiger partial charge < -0.3 is 4.98 Å². The molecule has 0 bridgehead atoms. The molecule has 0 saturated carbocycles. The number of halogens is 1. The summed E-state index contributed by atoms with van der Waals surface area (Å²) in [5.74, 6) is 0.562. The fourth-order valence-electron chi connectivity index (χ4n) is 1.91. The van der Waals surface area contributed by atoms with Crippen LogP contribution in [0, 0.1) is 10.1 Å². The van der Waals surface area contributed by atoms with Crippen molar-refractivity contribution in [3.8, 4) is 11.4 Å². The first-order valence-electron chi connectivity index (χ1n) is 5.53. The fraction of sp³-hybridized carbons (Fsp3) is 0. The van der Waals surface area contributed by atoms with Crippen molar-refractivity contribution < 1.29 is 4.92 Å². The molecule has 0 spiro atoms. The van der Waals surface area contributed by atoms with Crippen molar-refractivity contribution in [3.63, 3.8) is 0 Å². The Labute approximate surface area is 113 Å². The number of fused-ring (bicyclic) bond motifs is 1. The molecule has 5 nitrogen and oxygen atoms in total. The van der Waals surface area contributed by atoms with Crippen LogP contribution < -0.4 is 0 Å². The summed E-state index contributed by atoms with van der Waals surface area (Å²) >= 11 is 5.90. The average molecular weight is 274 g/mol. The van der Waals surface area contributed by atoms with Gasteiger partial charge in [-0.3, -0.25) is 10.1 Å². The molecule has 94 valence electrons. The van der Waals surface area contributed by atoms with Crippen LogP contribution in [0.3, 0.4) is 0 Å². The van der Waals surface area contributed by atoms with Crippen molar-refractivity contribution in [2.24, 2.45) is 0 Å². The van der Waals surface area contributed by atoms with E-state index in [1.165, 1.54) is 12.1 Å². The van der Waals surface area contributed by atoms with E-state index in [4.69, 9.17) is 11.6 Å². The zero-order valence-corrected chi connectivity index (χ0v) is 10.4. The van der Waals surface area contributed by atoms with Crippen LogP contribution in [-0.2, 0) is 0 Å². The van der Waals surface area contributed by atoms with Gasteiger partial charge >= 0.3 is 0 Å². The maximum Gasteiger partial charge on any atom is 0.271 e. The van der Waals surface area contributed by atoms with E-state index in [0.29, 0.717) is 16.4 Å². The summed E-state index contributed by atoms with van der Waals surface area (Å²) in [5, 5.41) is 11.1. The monoisotopic (exact) mass is 273 g/mol. The number of hydrogen-bond acceptors (Lipinski definition) is 3. The molecule has 1 N–H and O–H groups in total. The Morgan fingerprint density at radius 2 is 2.00 bits per heavy atom. The topological polar surface area (TPSA) is 71.8 Å². The minimum atomic E-state index is -0.474. The number of imidazole rings is 1. The smallest absolute Gasteiger partial charge is 0.271 e. The van der Waals surface area contributed by atoms with Gasteiger partial charge in [0, 0.05) is 22.7 Å². The van der Waals surface area contributed by atoms with E-state index in [-0.39, 0.29) is 5.69 Å². The van der Waals surface area contributed by atoms with Gasteiger partial charge in [-0.15, -0.1) is 0 Å². The molecular formula is C13H8ClN3O2. The highest BCUT2D eigenvalue weighted by Gasteiger charge is 2.12. The third-order valence-corrected chi connectivity index (χ3v) is 2.97. The van der Waals surface area contributed by atoms with Crippen molar-refractivity contribution in [3.05, 3.63) is 57.6 Å². The average Bonchev–Trinajstić information content (AvgIpc) is 2.81. The zero-order valence-electron chi connectivity index (χ0n) is 9.63. The summed E-state index contributed by atoms with van der Waals surface area (Å²) in [7, 11) is 0. The number of non-ortho nitro benzene ring substituents is 1. The molecule has 3 rings (SSSR count). The lowest BCUT2D eigenvalue weighted by Gasteiger charge is -1.98. The molecule has 0 atom stereocenters.